The quantitative estimate of drug-likeness (QED) is 0.881. The highest BCUT2D eigenvalue weighted by atomic mass is 32.2. The van der Waals surface area contributed by atoms with Gasteiger partial charge in [-0.1, -0.05) is 0 Å². The van der Waals surface area contributed by atoms with Gasteiger partial charge in [-0.15, -0.1) is 11.8 Å². The minimum Gasteiger partial charge on any atom is -0.387 e. The molecule has 0 saturated carbocycles. The molecule has 88 valence electrons. The molecule has 2 atom stereocenters. The van der Waals surface area contributed by atoms with Crippen LogP contribution in [-0.4, -0.2) is 25.1 Å². The second kappa shape index (κ2) is 4.12. The van der Waals surface area contributed by atoms with E-state index in [1.165, 1.54) is 18.5 Å². The second-order valence-electron chi connectivity index (χ2n) is 3.90. The molecule has 6 heteroatoms. The van der Waals surface area contributed by atoms with Crippen molar-refractivity contribution in [3.8, 4) is 0 Å². The van der Waals surface area contributed by atoms with Gasteiger partial charge in [-0.25, -0.2) is 9.37 Å². The maximum absolute atomic E-state index is 13.1. The summed E-state index contributed by atoms with van der Waals surface area (Å²) in [4.78, 5) is 4.79. The molecule has 3 rings (SSSR count). The van der Waals surface area contributed by atoms with Crippen molar-refractivity contribution in [3.63, 3.8) is 0 Å². The van der Waals surface area contributed by atoms with Crippen molar-refractivity contribution in [2.24, 2.45) is 0 Å². The SMILES string of the molecule is O[C@H]1c2cc(F)ccc2S[C@H]1Cn1cncn1. The third-order valence-corrected chi connectivity index (χ3v) is 4.09. The van der Waals surface area contributed by atoms with E-state index in [0.717, 1.165) is 4.90 Å². The average molecular weight is 251 g/mol. The Kier molecular flexibility index (Phi) is 2.60. The van der Waals surface area contributed by atoms with Gasteiger partial charge in [0.25, 0.3) is 0 Å². The minimum atomic E-state index is -0.658. The van der Waals surface area contributed by atoms with Crippen LogP contribution in [0.15, 0.2) is 35.7 Å². The van der Waals surface area contributed by atoms with E-state index in [0.29, 0.717) is 12.1 Å². The summed E-state index contributed by atoms with van der Waals surface area (Å²) in [7, 11) is 0. The first-order chi connectivity index (χ1) is 8.24. The lowest BCUT2D eigenvalue weighted by Crippen LogP contribution is -2.17. The number of fused-ring (bicyclic) bond motifs is 1. The molecule has 1 aliphatic rings. The fourth-order valence-corrected chi connectivity index (χ4v) is 3.23. The van der Waals surface area contributed by atoms with Gasteiger partial charge in [0, 0.05) is 4.90 Å². The minimum absolute atomic E-state index is 0.0477. The van der Waals surface area contributed by atoms with Crippen LogP contribution in [0.4, 0.5) is 4.39 Å². The van der Waals surface area contributed by atoms with E-state index in [-0.39, 0.29) is 11.1 Å². The molecule has 0 aliphatic carbocycles. The number of aliphatic hydroxyl groups excluding tert-OH is 1. The maximum atomic E-state index is 13.1. The third-order valence-electron chi connectivity index (χ3n) is 2.75. The van der Waals surface area contributed by atoms with Gasteiger partial charge in [-0.05, 0) is 23.8 Å². The number of rotatable bonds is 2. The molecule has 2 aromatic rings. The van der Waals surface area contributed by atoms with Crippen molar-refractivity contribution in [1.29, 1.82) is 0 Å². The van der Waals surface area contributed by atoms with E-state index in [1.807, 2.05) is 0 Å². The van der Waals surface area contributed by atoms with Crippen LogP contribution in [0.1, 0.15) is 11.7 Å². The van der Waals surface area contributed by atoms with Crippen LogP contribution in [-0.2, 0) is 6.54 Å². The molecule has 0 bridgehead atoms. The van der Waals surface area contributed by atoms with Gasteiger partial charge in [0.15, 0.2) is 0 Å². The molecule has 1 N–H and O–H groups in total. The lowest BCUT2D eigenvalue weighted by molar-refractivity contribution is 0.168. The van der Waals surface area contributed by atoms with E-state index in [2.05, 4.69) is 10.1 Å². The van der Waals surface area contributed by atoms with E-state index in [4.69, 9.17) is 0 Å². The largest absolute Gasteiger partial charge is 0.387 e. The van der Waals surface area contributed by atoms with Crippen LogP contribution in [0.2, 0.25) is 0 Å². The summed E-state index contributed by atoms with van der Waals surface area (Å²) < 4.78 is 14.8. The molecule has 1 aromatic carbocycles. The van der Waals surface area contributed by atoms with E-state index in [9.17, 15) is 9.50 Å². The molecule has 0 amide bonds. The summed E-state index contributed by atoms with van der Waals surface area (Å²) in [5, 5.41) is 14.1. The van der Waals surface area contributed by atoms with E-state index < -0.39 is 6.10 Å². The van der Waals surface area contributed by atoms with Crippen LogP contribution in [0.3, 0.4) is 0 Å². The predicted octanol–water partition coefficient (Wildman–Crippen LogP) is 1.63. The van der Waals surface area contributed by atoms with Crippen LogP contribution < -0.4 is 0 Å². The van der Waals surface area contributed by atoms with Crippen LogP contribution in [0, 0.1) is 5.82 Å². The van der Waals surface area contributed by atoms with Crippen LogP contribution >= 0.6 is 11.8 Å². The van der Waals surface area contributed by atoms with Crippen molar-refractivity contribution in [3.05, 3.63) is 42.2 Å². The van der Waals surface area contributed by atoms with Gasteiger partial charge in [0.2, 0.25) is 0 Å². The number of aromatic nitrogens is 3. The molecule has 0 radical (unpaired) electrons. The molecule has 2 heterocycles. The first-order valence-electron chi connectivity index (χ1n) is 5.20. The Morgan fingerprint density at radius 3 is 3.12 bits per heavy atom. The lowest BCUT2D eigenvalue weighted by Gasteiger charge is -2.13. The fourth-order valence-electron chi connectivity index (χ4n) is 1.93. The summed E-state index contributed by atoms with van der Waals surface area (Å²) >= 11 is 1.55. The number of aliphatic hydroxyl groups is 1. The van der Waals surface area contributed by atoms with Crippen LogP contribution in [0.25, 0.3) is 0 Å². The highest BCUT2D eigenvalue weighted by molar-refractivity contribution is 8.00. The molecule has 1 aromatic heterocycles. The Labute approximate surface area is 101 Å². The van der Waals surface area contributed by atoms with Crippen molar-refractivity contribution in [1.82, 2.24) is 14.8 Å². The number of benzene rings is 1. The molecule has 4 nitrogen and oxygen atoms in total. The van der Waals surface area contributed by atoms with Gasteiger partial charge in [-0.3, -0.25) is 4.68 Å². The van der Waals surface area contributed by atoms with Crippen molar-refractivity contribution in [2.45, 2.75) is 22.8 Å². The first-order valence-corrected chi connectivity index (χ1v) is 6.08. The van der Waals surface area contributed by atoms with Gasteiger partial charge in [-0.2, -0.15) is 5.10 Å². The summed E-state index contributed by atoms with van der Waals surface area (Å²) in [5.41, 5.74) is 0.667. The molecular formula is C11H10FN3OS. The van der Waals surface area contributed by atoms with Crippen molar-refractivity contribution < 1.29 is 9.50 Å². The number of hydrogen-bond acceptors (Lipinski definition) is 4. The topological polar surface area (TPSA) is 50.9 Å². The third kappa shape index (κ3) is 1.94. The molecular weight excluding hydrogens is 241 g/mol. The van der Waals surface area contributed by atoms with Crippen molar-refractivity contribution >= 4 is 11.8 Å². The van der Waals surface area contributed by atoms with Crippen molar-refractivity contribution in [2.75, 3.05) is 0 Å². The number of thioether (sulfide) groups is 1. The average Bonchev–Trinajstić information content (AvgIpc) is 2.91. The lowest BCUT2D eigenvalue weighted by atomic mass is 10.1. The molecule has 0 fully saturated rings. The Morgan fingerprint density at radius 2 is 2.35 bits per heavy atom. The number of halogens is 1. The Hall–Kier alpha value is -1.40. The summed E-state index contributed by atoms with van der Waals surface area (Å²) in [5.74, 6) is -0.315. The standard InChI is InChI=1S/C11H10FN3OS/c12-7-1-2-9-8(3-7)11(16)10(17-9)4-15-6-13-5-14-15/h1-3,5-6,10-11,16H,4H2/t10-,11-/m0/s1. The zero-order valence-electron chi connectivity index (χ0n) is 8.82. The highest BCUT2D eigenvalue weighted by Crippen LogP contribution is 2.44. The van der Waals surface area contributed by atoms with Gasteiger partial charge < -0.3 is 5.11 Å². The first kappa shape index (κ1) is 10.7. The molecule has 17 heavy (non-hydrogen) atoms. The second-order valence-corrected chi connectivity index (χ2v) is 5.18. The maximum Gasteiger partial charge on any atom is 0.137 e. The smallest absolute Gasteiger partial charge is 0.137 e. The Morgan fingerprint density at radius 1 is 1.47 bits per heavy atom. The number of nitrogens with zero attached hydrogens (tertiary/aromatic N) is 3. The molecule has 0 unspecified atom stereocenters. The molecule has 0 saturated heterocycles. The molecule has 0 spiro atoms. The number of hydrogen-bond donors (Lipinski definition) is 1. The summed E-state index contributed by atoms with van der Waals surface area (Å²) in [6.07, 6.45) is 2.41. The monoisotopic (exact) mass is 251 g/mol. The molecule has 1 aliphatic heterocycles. The Bertz CT molecular complexity index is 532. The van der Waals surface area contributed by atoms with E-state index >= 15 is 0 Å². The highest BCUT2D eigenvalue weighted by Gasteiger charge is 2.32. The zero-order valence-corrected chi connectivity index (χ0v) is 9.64. The van der Waals surface area contributed by atoms with Gasteiger partial charge >= 0.3 is 0 Å². The zero-order chi connectivity index (χ0) is 11.8. The van der Waals surface area contributed by atoms with Gasteiger partial charge in [0.05, 0.1) is 17.9 Å². The normalized spacial score (nSPS) is 22.7. The van der Waals surface area contributed by atoms with Crippen LogP contribution in [0.5, 0.6) is 0 Å². The summed E-state index contributed by atoms with van der Waals surface area (Å²) in [6.45, 7) is 0.558. The fraction of sp³-hybridized carbons (Fsp3) is 0.273. The van der Waals surface area contributed by atoms with E-state index in [1.54, 1.807) is 28.8 Å². The Balaban J connectivity index is 1.84. The van der Waals surface area contributed by atoms with Gasteiger partial charge in [0.1, 0.15) is 18.5 Å². The predicted molar refractivity (Wildman–Crippen MR) is 61.0 cm³/mol. The summed E-state index contributed by atoms with van der Waals surface area (Å²) in [6, 6.07) is 4.52.